The van der Waals surface area contributed by atoms with Crippen molar-refractivity contribution < 1.29 is 9.84 Å². The third-order valence-corrected chi connectivity index (χ3v) is 4.93. The van der Waals surface area contributed by atoms with E-state index in [9.17, 15) is 5.11 Å². The summed E-state index contributed by atoms with van der Waals surface area (Å²) in [5.74, 6) is 0. The van der Waals surface area contributed by atoms with Gasteiger partial charge in [0.2, 0.25) is 0 Å². The lowest BCUT2D eigenvalue weighted by molar-refractivity contribution is -0.00913. The Kier molecular flexibility index (Phi) is 19.2. The highest BCUT2D eigenvalue weighted by atomic mass is 16.5. The van der Waals surface area contributed by atoms with Crippen LogP contribution in [-0.4, -0.2) is 23.9 Å². The van der Waals surface area contributed by atoms with Gasteiger partial charge < -0.3 is 9.84 Å². The summed E-state index contributed by atoms with van der Waals surface area (Å²) < 4.78 is 5.81. The number of rotatable bonds is 19. The molecule has 2 nitrogen and oxygen atoms in total. The zero-order valence-electron chi connectivity index (χ0n) is 17.0. The summed E-state index contributed by atoms with van der Waals surface area (Å²) in [6, 6.07) is 0. The largest absolute Gasteiger partial charge is 0.391 e. The summed E-state index contributed by atoms with van der Waals surface area (Å²) >= 11 is 0. The van der Waals surface area contributed by atoms with E-state index >= 15 is 0 Å². The minimum atomic E-state index is -0.267. The Morgan fingerprint density at radius 3 is 1.54 bits per heavy atom. The second kappa shape index (κ2) is 19.2. The quantitative estimate of drug-likeness (QED) is 0.255. The number of aliphatic hydroxyl groups excluding tert-OH is 1. The van der Waals surface area contributed by atoms with Crippen LogP contribution in [0, 0.1) is 0 Å². The summed E-state index contributed by atoms with van der Waals surface area (Å²) in [7, 11) is 0. The Morgan fingerprint density at radius 1 is 0.625 bits per heavy atom. The minimum Gasteiger partial charge on any atom is -0.391 e. The molecule has 146 valence electrons. The second-order valence-corrected chi connectivity index (χ2v) is 7.62. The molecule has 0 aromatic rings. The molecule has 0 saturated heterocycles. The maximum absolute atomic E-state index is 10.0. The van der Waals surface area contributed by atoms with Gasteiger partial charge in [-0.05, 0) is 19.8 Å². The Hall–Kier alpha value is -0.0800. The van der Waals surface area contributed by atoms with E-state index in [1.807, 2.05) is 0 Å². The van der Waals surface area contributed by atoms with Gasteiger partial charge in [-0.15, -0.1) is 0 Å². The van der Waals surface area contributed by atoms with Crippen LogP contribution in [0.5, 0.6) is 0 Å². The van der Waals surface area contributed by atoms with E-state index in [0.717, 1.165) is 19.3 Å². The van der Waals surface area contributed by atoms with E-state index in [2.05, 4.69) is 20.8 Å². The van der Waals surface area contributed by atoms with Crippen molar-refractivity contribution in [2.75, 3.05) is 6.61 Å². The van der Waals surface area contributed by atoms with Crippen LogP contribution in [-0.2, 0) is 4.74 Å². The average molecular weight is 343 g/mol. The zero-order valence-corrected chi connectivity index (χ0v) is 17.0. The molecule has 0 aliphatic carbocycles. The topological polar surface area (TPSA) is 29.5 Å². The fourth-order valence-corrected chi connectivity index (χ4v) is 3.17. The zero-order chi connectivity index (χ0) is 17.9. The normalized spacial score (nSPS) is 14.0. The highest BCUT2D eigenvalue weighted by Gasteiger charge is 2.08. The van der Waals surface area contributed by atoms with Gasteiger partial charge in [-0.25, -0.2) is 0 Å². The molecule has 2 atom stereocenters. The summed E-state index contributed by atoms with van der Waals surface area (Å²) in [5, 5.41) is 10.0. The summed E-state index contributed by atoms with van der Waals surface area (Å²) in [6.45, 7) is 7.19. The maximum Gasteiger partial charge on any atom is 0.0773 e. The Balaban J connectivity index is 3.31. The first kappa shape index (κ1) is 23.9. The summed E-state index contributed by atoms with van der Waals surface area (Å²) in [5.41, 5.74) is 0. The molecular weight excluding hydrogens is 296 g/mol. The number of hydrogen-bond acceptors (Lipinski definition) is 2. The molecule has 1 N–H and O–H groups in total. The SMILES string of the molecule is CCCCCCCCCC(O)COC(C)CCCCCCCCC. The third kappa shape index (κ3) is 18.3. The van der Waals surface area contributed by atoms with Crippen molar-refractivity contribution >= 4 is 0 Å². The van der Waals surface area contributed by atoms with E-state index in [1.54, 1.807) is 0 Å². The molecule has 0 heterocycles. The smallest absolute Gasteiger partial charge is 0.0773 e. The van der Waals surface area contributed by atoms with Gasteiger partial charge in [0.25, 0.3) is 0 Å². The molecule has 0 aromatic heterocycles. The van der Waals surface area contributed by atoms with Crippen molar-refractivity contribution in [3.63, 3.8) is 0 Å². The van der Waals surface area contributed by atoms with Crippen molar-refractivity contribution in [1.82, 2.24) is 0 Å². The molecule has 0 aliphatic heterocycles. The van der Waals surface area contributed by atoms with Gasteiger partial charge in [-0.2, -0.15) is 0 Å². The number of hydrogen-bond donors (Lipinski definition) is 1. The highest BCUT2D eigenvalue weighted by Crippen LogP contribution is 2.13. The molecule has 0 spiro atoms. The highest BCUT2D eigenvalue weighted by molar-refractivity contribution is 4.58. The Bertz CT molecular complexity index is 206. The van der Waals surface area contributed by atoms with Crippen molar-refractivity contribution in [3.05, 3.63) is 0 Å². The molecule has 0 radical (unpaired) electrons. The predicted octanol–water partition coefficient (Wildman–Crippen LogP) is 7.03. The van der Waals surface area contributed by atoms with Crippen LogP contribution in [0.25, 0.3) is 0 Å². The van der Waals surface area contributed by atoms with Crippen molar-refractivity contribution in [3.8, 4) is 0 Å². The molecule has 24 heavy (non-hydrogen) atoms. The summed E-state index contributed by atoms with van der Waals surface area (Å²) in [6.07, 6.45) is 20.7. The van der Waals surface area contributed by atoms with E-state index in [0.29, 0.717) is 12.7 Å². The average Bonchev–Trinajstić information content (AvgIpc) is 2.58. The lowest BCUT2D eigenvalue weighted by Crippen LogP contribution is -2.19. The number of aliphatic hydroxyl groups is 1. The van der Waals surface area contributed by atoms with Crippen LogP contribution in [0.3, 0.4) is 0 Å². The molecular formula is C22H46O2. The first-order valence-corrected chi connectivity index (χ1v) is 11.0. The van der Waals surface area contributed by atoms with E-state index in [-0.39, 0.29) is 6.10 Å². The van der Waals surface area contributed by atoms with E-state index < -0.39 is 0 Å². The second-order valence-electron chi connectivity index (χ2n) is 7.62. The molecule has 2 unspecified atom stereocenters. The first-order chi connectivity index (χ1) is 11.7. The fourth-order valence-electron chi connectivity index (χ4n) is 3.17. The summed E-state index contributed by atoms with van der Waals surface area (Å²) in [4.78, 5) is 0. The van der Waals surface area contributed by atoms with Gasteiger partial charge >= 0.3 is 0 Å². The lowest BCUT2D eigenvalue weighted by atomic mass is 10.1. The molecule has 0 amide bonds. The van der Waals surface area contributed by atoms with Crippen molar-refractivity contribution in [2.45, 2.75) is 136 Å². The lowest BCUT2D eigenvalue weighted by Gasteiger charge is -2.16. The van der Waals surface area contributed by atoms with Gasteiger partial charge in [-0.1, -0.05) is 104 Å². The fraction of sp³-hybridized carbons (Fsp3) is 1.00. The van der Waals surface area contributed by atoms with Crippen LogP contribution in [0.1, 0.15) is 124 Å². The maximum atomic E-state index is 10.0. The van der Waals surface area contributed by atoms with Gasteiger partial charge in [0, 0.05) is 0 Å². The van der Waals surface area contributed by atoms with E-state index in [1.165, 1.54) is 83.5 Å². The minimum absolute atomic E-state index is 0.267. The van der Waals surface area contributed by atoms with Crippen molar-refractivity contribution in [2.24, 2.45) is 0 Å². The predicted molar refractivity (Wildman–Crippen MR) is 107 cm³/mol. The van der Waals surface area contributed by atoms with Crippen LogP contribution in [0.15, 0.2) is 0 Å². The van der Waals surface area contributed by atoms with E-state index in [4.69, 9.17) is 4.74 Å². The van der Waals surface area contributed by atoms with Gasteiger partial charge in [-0.3, -0.25) is 0 Å². The van der Waals surface area contributed by atoms with Gasteiger partial charge in [0.15, 0.2) is 0 Å². The Morgan fingerprint density at radius 2 is 1.04 bits per heavy atom. The molecule has 2 heteroatoms. The van der Waals surface area contributed by atoms with Crippen LogP contribution >= 0.6 is 0 Å². The number of unbranched alkanes of at least 4 members (excludes halogenated alkanes) is 12. The van der Waals surface area contributed by atoms with Gasteiger partial charge in [0.05, 0.1) is 18.8 Å². The number of ether oxygens (including phenoxy) is 1. The van der Waals surface area contributed by atoms with Crippen molar-refractivity contribution in [1.29, 1.82) is 0 Å². The molecule has 0 saturated carbocycles. The molecule has 0 aliphatic rings. The van der Waals surface area contributed by atoms with Crippen LogP contribution in [0.2, 0.25) is 0 Å². The monoisotopic (exact) mass is 342 g/mol. The molecule has 0 aromatic carbocycles. The standard InChI is InChI=1S/C22H46O2/c1-4-6-8-10-12-14-16-18-21(3)24-20-22(23)19-17-15-13-11-9-7-5-2/h21-23H,4-20H2,1-3H3. The third-order valence-electron chi connectivity index (χ3n) is 4.93. The first-order valence-electron chi connectivity index (χ1n) is 11.0. The van der Waals surface area contributed by atoms with Crippen LogP contribution < -0.4 is 0 Å². The van der Waals surface area contributed by atoms with Crippen LogP contribution in [0.4, 0.5) is 0 Å². The molecule has 0 bridgehead atoms. The Labute approximate surface area is 152 Å². The molecule has 0 rings (SSSR count). The van der Waals surface area contributed by atoms with Gasteiger partial charge in [0.1, 0.15) is 0 Å². The molecule has 0 fully saturated rings.